The van der Waals surface area contributed by atoms with Crippen LogP contribution in [-0.4, -0.2) is 40.0 Å². The number of para-hydroxylation sites is 2. The van der Waals surface area contributed by atoms with Crippen LogP contribution in [0.25, 0.3) is 5.57 Å². The first-order chi connectivity index (χ1) is 17.4. The second-order valence-corrected chi connectivity index (χ2v) is 10.3. The lowest BCUT2D eigenvalue weighted by Crippen LogP contribution is -2.35. The lowest BCUT2D eigenvalue weighted by atomic mass is 10.1. The average molecular weight is 534 g/mol. The van der Waals surface area contributed by atoms with Crippen molar-refractivity contribution >= 4 is 74.6 Å². The summed E-state index contributed by atoms with van der Waals surface area (Å²) in [6.07, 6.45) is 0.648. The maximum absolute atomic E-state index is 13.6. The van der Waals surface area contributed by atoms with Crippen molar-refractivity contribution in [1.29, 1.82) is 0 Å². The molecule has 9 heteroatoms. The maximum Gasteiger partial charge on any atom is 0.267 e. The molecule has 1 fully saturated rings. The number of amides is 3. The van der Waals surface area contributed by atoms with E-state index in [4.69, 9.17) is 23.8 Å². The Labute approximate surface area is 222 Å². The lowest BCUT2D eigenvalue weighted by Gasteiger charge is -2.17. The van der Waals surface area contributed by atoms with Crippen LogP contribution < -0.4 is 10.2 Å². The second kappa shape index (κ2) is 10.3. The number of nitrogens with one attached hydrogen (secondary N) is 1. The molecular weight excluding hydrogens is 514 g/mol. The Morgan fingerprint density at radius 1 is 0.889 bits per heavy atom. The molecule has 2 aliphatic heterocycles. The summed E-state index contributed by atoms with van der Waals surface area (Å²) in [5.74, 6) is -1.10. The van der Waals surface area contributed by atoms with Crippen molar-refractivity contribution in [2.24, 2.45) is 0 Å². The summed E-state index contributed by atoms with van der Waals surface area (Å²) in [7, 11) is 0. The minimum Gasteiger partial charge on any atom is -0.323 e. The van der Waals surface area contributed by atoms with E-state index in [-0.39, 0.29) is 18.0 Å². The normalized spacial score (nSPS) is 17.1. The van der Waals surface area contributed by atoms with Gasteiger partial charge in [-0.1, -0.05) is 96.2 Å². The van der Waals surface area contributed by atoms with Gasteiger partial charge in [-0.25, -0.2) is 0 Å². The van der Waals surface area contributed by atoms with Crippen LogP contribution in [0.1, 0.15) is 11.1 Å². The molecule has 0 aromatic heterocycles. The van der Waals surface area contributed by atoms with E-state index >= 15 is 0 Å². The largest absolute Gasteiger partial charge is 0.323 e. The smallest absolute Gasteiger partial charge is 0.267 e. The number of halogens is 1. The van der Waals surface area contributed by atoms with Crippen LogP contribution in [0.15, 0.2) is 83.8 Å². The van der Waals surface area contributed by atoms with Gasteiger partial charge in [0, 0.05) is 12.1 Å². The minimum atomic E-state index is -0.408. The number of hydrogen-bond acceptors (Lipinski definition) is 5. The fourth-order valence-electron chi connectivity index (χ4n) is 4.18. The van der Waals surface area contributed by atoms with E-state index in [0.717, 1.165) is 17.3 Å². The van der Waals surface area contributed by atoms with Gasteiger partial charge in [0.25, 0.3) is 11.8 Å². The van der Waals surface area contributed by atoms with E-state index in [0.29, 0.717) is 44.2 Å². The topological polar surface area (TPSA) is 69.7 Å². The molecular formula is C27H20ClN3O3S2. The van der Waals surface area contributed by atoms with Crippen LogP contribution >= 0.6 is 35.6 Å². The highest BCUT2D eigenvalue weighted by Gasteiger charge is 2.42. The van der Waals surface area contributed by atoms with Crippen LogP contribution in [0.4, 0.5) is 11.4 Å². The van der Waals surface area contributed by atoms with Crippen LogP contribution in [-0.2, 0) is 20.8 Å². The highest BCUT2D eigenvalue weighted by Crippen LogP contribution is 2.44. The van der Waals surface area contributed by atoms with Gasteiger partial charge in [0.15, 0.2) is 0 Å². The molecule has 1 saturated heterocycles. The summed E-state index contributed by atoms with van der Waals surface area (Å²) < 4.78 is 0.415. The van der Waals surface area contributed by atoms with E-state index in [1.165, 1.54) is 9.80 Å². The van der Waals surface area contributed by atoms with E-state index in [9.17, 15) is 14.4 Å². The Kier molecular flexibility index (Phi) is 6.91. The van der Waals surface area contributed by atoms with Crippen LogP contribution in [0, 0.1) is 0 Å². The quantitative estimate of drug-likeness (QED) is 0.351. The summed E-state index contributed by atoms with van der Waals surface area (Å²) in [5, 5.41) is 3.15. The van der Waals surface area contributed by atoms with Gasteiger partial charge >= 0.3 is 0 Å². The number of thioether (sulfide) groups is 1. The van der Waals surface area contributed by atoms with Crippen molar-refractivity contribution in [2.45, 2.75) is 6.42 Å². The van der Waals surface area contributed by atoms with Crippen molar-refractivity contribution < 1.29 is 14.4 Å². The number of rotatable bonds is 6. The molecule has 6 nitrogen and oxygen atoms in total. The number of benzene rings is 3. The fraction of sp³-hybridized carbons (Fsp3) is 0.111. The Morgan fingerprint density at radius 2 is 1.58 bits per heavy atom. The van der Waals surface area contributed by atoms with E-state index < -0.39 is 11.8 Å². The van der Waals surface area contributed by atoms with Gasteiger partial charge in [0.2, 0.25) is 5.91 Å². The average Bonchev–Trinajstić information content (AvgIpc) is 3.31. The molecule has 3 aromatic rings. The molecule has 0 atom stereocenters. The monoisotopic (exact) mass is 533 g/mol. The van der Waals surface area contributed by atoms with Crippen molar-refractivity contribution in [3.63, 3.8) is 0 Å². The summed E-state index contributed by atoms with van der Waals surface area (Å²) >= 11 is 12.8. The molecule has 0 bridgehead atoms. The summed E-state index contributed by atoms with van der Waals surface area (Å²) in [6, 6.07) is 23.9. The lowest BCUT2D eigenvalue weighted by molar-refractivity contribution is -0.122. The fourth-order valence-corrected chi connectivity index (χ4v) is 5.74. The molecule has 36 heavy (non-hydrogen) atoms. The van der Waals surface area contributed by atoms with Gasteiger partial charge in [-0.05, 0) is 30.2 Å². The van der Waals surface area contributed by atoms with Gasteiger partial charge in [-0.15, -0.1) is 0 Å². The number of carbonyl (C=O) groups is 3. The van der Waals surface area contributed by atoms with Crippen LogP contribution in [0.5, 0.6) is 0 Å². The first kappa shape index (κ1) is 24.2. The number of anilines is 2. The first-order valence-electron chi connectivity index (χ1n) is 11.2. The highest BCUT2D eigenvalue weighted by molar-refractivity contribution is 8.26. The zero-order valence-electron chi connectivity index (χ0n) is 18.9. The van der Waals surface area contributed by atoms with Gasteiger partial charge in [-0.2, -0.15) is 0 Å². The molecule has 0 saturated carbocycles. The van der Waals surface area contributed by atoms with Crippen molar-refractivity contribution in [3.8, 4) is 0 Å². The van der Waals surface area contributed by atoms with Crippen LogP contribution in [0.3, 0.4) is 0 Å². The summed E-state index contributed by atoms with van der Waals surface area (Å²) in [4.78, 5) is 43.0. The van der Waals surface area contributed by atoms with Crippen molar-refractivity contribution in [3.05, 3.63) is 99.9 Å². The zero-order valence-corrected chi connectivity index (χ0v) is 21.3. The highest BCUT2D eigenvalue weighted by atomic mass is 35.5. The number of hydrogen-bond donors (Lipinski definition) is 1. The van der Waals surface area contributed by atoms with Gasteiger partial charge in [0.1, 0.15) is 10.9 Å². The molecule has 2 heterocycles. The SMILES string of the molecule is O=C(CN1C(=O)/C(=C2\SC(=S)N(CCc3ccccc3)C2=O)c2ccccc21)Nc1ccccc1Cl. The molecule has 3 aromatic carbocycles. The molecule has 0 radical (unpaired) electrons. The summed E-state index contributed by atoms with van der Waals surface area (Å²) in [5.41, 5.74) is 3.01. The molecule has 1 N–H and O–H groups in total. The maximum atomic E-state index is 13.6. The number of carbonyl (C=O) groups excluding carboxylic acids is 3. The van der Waals surface area contributed by atoms with E-state index in [2.05, 4.69) is 5.32 Å². The number of thiocarbonyl (C=S) groups is 1. The molecule has 0 aliphatic carbocycles. The Balaban J connectivity index is 1.40. The molecule has 180 valence electrons. The molecule has 0 unspecified atom stereocenters. The standard InChI is InChI=1S/C27H20ClN3O3S2/c28-19-11-5-6-12-20(19)29-22(32)16-31-21-13-7-4-10-18(21)23(25(31)33)24-26(34)30(27(35)36-24)15-14-17-8-2-1-3-9-17/h1-13H,14-16H2,(H,29,32)/b24-23-. The number of nitrogens with zero attached hydrogens (tertiary/aromatic N) is 2. The zero-order chi connectivity index (χ0) is 25.2. The third-order valence-corrected chi connectivity index (χ3v) is 7.69. The summed E-state index contributed by atoms with van der Waals surface area (Å²) in [6.45, 7) is 0.199. The Bertz CT molecular complexity index is 1420. The predicted molar refractivity (Wildman–Crippen MR) is 148 cm³/mol. The molecule has 2 aliphatic rings. The van der Waals surface area contributed by atoms with Crippen LogP contribution in [0.2, 0.25) is 5.02 Å². The van der Waals surface area contributed by atoms with E-state index in [1.807, 2.05) is 30.3 Å². The third-order valence-electron chi connectivity index (χ3n) is 5.92. The van der Waals surface area contributed by atoms with Gasteiger partial charge in [-0.3, -0.25) is 24.2 Å². The molecule has 5 rings (SSSR count). The minimum absolute atomic E-state index is 0.223. The third kappa shape index (κ3) is 4.67. The Hall–Kier alpha value is -3.46. The van der Waals surface area contributed by atoms with E-state index in [1.54, 1.807) is 48.5 Å². The second-order valence-electron chi connectivity index (χ2n) is 8.20. The van der Waals surface area contributed by atoms with Gasteiger partial charge < -0.3 is 5.32 Å². The van der Waals surface area contributed by atoms with Gasteiger partial charge in [0.05, 0.1) is 26.9 Å². The van der Waals surface area contributed by atoms with Crippen molar-refractivity contribution in [2.75, 3.05) is 23.3 Å². The Morgan fingerprint density at radius 3 is 2.36 bits per heavy atom. The predicted octanol–water partition coefficient (Wildman–Crippen LogP) is 5.14. The molecule has 0 spiro atoms. The van der Waals surface area contributed by atoms with Crippen molar-refractivity contribution in [1.82, 2.24) is 4.90 Å². The number of fused-ring (bicyclic) bond motifs is 1. The molecule has 3 amide bonds. The first-order valence-corrected chi connectivity index (χ1v) is 12.8.